The first-order valence-electron chi connectivity index (χ1n) is 4.76. The first-order valence-corrected chi connectivity index (χ1v) is 7.33. The molecule has 0 saturated carbocycles. The van der Waals surface area contributed by atoms with Crippen LogP contribution in [-0.2, 0) is 10.0 Å². The maximum absolute atomic E-state index is 11.5. The van der Waals surface area contributed by atoms with Gasteiger partial charge in [-0.3, -0.25) is 0 Å². The van der Waals surface area contributed by atoms with Gasteiger partial charge in [0.25, 0.3) is 0 Å². The smallest absolute Gasteiger partial charge is 0.212 e. The first-order chi connectivity index (χ1) is 7.46. The minimum atomic E-state index is -3.34. The van der Waals surface area contributed by atoms with Crippen molar-refractivity contribution in [2.24, 2.45) is 0 Å². The number of halogens is 2. The normalized spacial score (nSPS) is 13.7. The van der Waals surface area contributed by atoms with Crippen molar-refractivity contribution in [3.8, 4) is 0 Å². The van der Waals surface area contributed by atoms with E-state index in [-0.39, 0.29) is 17.7 Å². The lowest BCUT2D eigenvalue weighted by molar-refractivity contribution is 0.568. The summed E-state index contributed by atoms with van der Waals surface area (Å²) in [4.78, 5) is 0. The fraction of sp³-hybridized carbons (Fsp3) is 0.400. The highest BCUT2D eigenvalue weighted by Crippen LogP contribution is 2.22. The molecule has 1 atom stereocenters. The van der Waals surface area contributed by atoms with Gasteiger partial charge >= 0.3 is 0 Å². The molecule has 90 valence electrons. The second kappa shape index (κ2) is 5.87. The molecule has 1 aromatic rings. The van der Waals surface area contributed by atoms with Gasteiger partial charge in [-0.15, -0.1) is 11.6 Å². The monoisotopic (exact) mass is 281 g/mol. The van der Waals surface area contributed by atoms with E-state index in [4.69, 9.17) is 23.2 Å². The van der Waals surface area contributed by atoms with Crippen LogP contribution in [0, 0.1) is 0 Å². The first kappa shape index (κ1) is 13.8. The third-order valence-corrected chi connectivity index (χ3v) is 4.29. The SMILES string of the molecule is CC(NS(=O)(=O)CCCl)c1ccccc1Cl. The van der Waals surface area contributed by atoms with Crippen LogP contribution in [0.4, 0.5) is 0 Å². The zero-order valence-corrected chi connectivity index (χ0v) is 11.1. The van der Waals surface area contributed by atoms with Crippen molar-refractivity contribution in [1.82, 2.24) is 4.72 Å². The minimum Gasteiger partial charge on any atom is -0.212 e. The van der Waals surface area contributed by atoms with Crippen LogP contribution < -0.4 is 4.72 Å². The maximum Gasteiger partial charge on any atom is 0.213 e. The summed E-state index contributed by atoms with van der Waals surface area (Å²) in [5.74, 6) is -0.0199. The van der Waals surface area contributed by atoms with Crippen molar-refractivity contribution in [2.45, 2.75) is 13.0 Å². The van der Waals surface area contributed by atoms with Crippen LogP contribution in [0.3, 0.4) is 0 Å². The summed E-state index contributed by atoms with van der Waals surface area (Å²) in [6.07, 6.45) is 0. The maximum atomic E-state index is 11.5. The van der Waals surface area contributed by atoms with Gasteiger partial charge in [0.2, 0.25) is 10.0 Å². The molecule has 1 N–H and O–H groups in total. The lowest BCUT2D eigenvalue weighted by atomic mass is 10.1. The summed E-state index contributed by atoms with van der Waals surface area (Å²) >= 11 is 11.4. The fourth-order valence-electron chi connectivity index (χ4n) is 1.32. The zero-order chi connectivity index (χ0) is 12.2. The van der Waals surface area contributed by atoms with Gasteiger partial charge in [-0.1, -0.05) is 29.8 Å². The highest BCUT2D eigenvalue weighted by atomic mass is 35.5. The molecule has 0 radical (unpaired) electrons. The Morgan fingerprint density at radius 1 is 1.38 bits per heavy atom. The molecule has 1 unspecified atom stereocenters. The van der Waals surface area contributed by atoms with Crippen LogP contribution in [0.25, 0.3) is 0 Å². The highest BCUT2D eigenvalue weighted by molar-refractivity contribution is 7.89. The Bertz CT molecular complexity index is 448. The molecule has 3 nitrogen and oxygen atoms in total. The third kappa shape index (κ3) is 3.94. The fourth-order valence-corrected chi connectivity index (χ4v) is 3.22. The van der Waals surface area contributed by atoms with Gasteiger partial charge < -0.3 is 0 Å². The molecule has 0 heterocycles. The largest absolute Gasteiger partial charge is 0.213 e. The number of sulfonamides is 1. The molecular formula is C10H13Cl2NO2S. The van der Waals surface area contributed by atoms with E-state index in [0.29, 0.717) is 5.02 Å². The van der Waals surface area contributed by atoms with E-state index in [2.05, 4.69) is 4.72 Å². The van der Waals surface area contributed by atoms with E-state index in [9.17, 15) is 8.42 Å². The Kier molecular flexibility index (Phi) is 5.05. The molecule has 0 aliphatic carbocycles. The molecule has 0 aliphatic heterocycles. The van der Waals surface area contributed by atoms with Gasteiger partial charge in [-0.05, 0) is 18.6 Å². The molecule has 0 bridgehead atoms. The molecule has 0 aliphatic rings. The molecule has 1 rings (SSSR count). The third-order valence-electron chi connectivity index (χ3n) is 2.07. The summed E-state index contributed by atoms with van der Waals surface area (Å²) in [7, 11) is -3.34. The van der Waals surface area contributed by atoms with E-state index < -0.39 is 10.0 Å². The molecule has 0 amide bonds. The number of rotatable bonds is 5. The predicted octanol–water partition coefficient (Wildman–Crippen LogP) is 2.56. The highest BCUT2D eigenvalue weighted by Gasteiger charge is 2.16. The minimum absolute atomic E-state index is 0.0740. The van der Waals surface area contributed by atoms with E-state index >= 15 is 0 Å². The number of nitrogens with one attached hydrogen (secondary N) is 1. The van der Waals surface area contributed by atoms with E-state index in [1.165, 1.54) is 0 Å². The van der Waals surface area contributed by atoms with Crippen molar-refractivity contribution >= 4 is 33.2 Å². The summed E-state index contributed by atoms with van der Waals surface area (Å²) < 4.78 is 25.5. The molecule has 6 heteroatoms. The van der Waals surface area contributed by atoms with Crippen molar-refractivity contribution < 1.29 is 8.42 Å². The molecule has 0 saturated heterocycles. The van der Waals surface area contributed by atoms with Crippen molar-refractivity contribution in [3.63, 3.8) is 0 Å². The van der Waals surface area contributed by atoms with Gasteiger partial charge in [0.15, 0.2) is 0 Å². The molecule has 16 heavy (non-hydrogen) atoms. The average molecular weight is 282 g/mol. The second-order valence-electron chi connectivity index (χ2n) is 3.37. The predicted molar refractivity (Wildman–Crippen MR) is 67.5 cm³/mol. The summed E-state index contributed by atoms with van der Waals surface area (Å²) in [5.41, 5.74) is 0.752. The van der Waals surface area contributed by atoms with Crippen molar-refractivity contribution in [3.05, 3.63) is 34.9 Å². The molecule has 0 spiro atoms. The van der Waals surface area contributed by atoms with Crippen LogP contribution in [0.2, 0.25) is 5.02 Å². The summed E-state index contributed by atoms with van der Waals surface area (Å²) in [6, 6.07) is 6.76. The Balaban J connectivity index is 2.81. The lowest BCUT2D eigenvalue weighted by Crippen LogP contribution is -2.29. The van der Waals surface area contributed by atoms with Crippen LogP contribution >= 0.6 is 23.2 Å². The zero-order valence-electron chi connectivity index (χ0n) is 8.78. The quantitative estimate of drug-likeness (QED) is 0.844. The van der Waals surface area contributed by atoms with Gasteiger partial charge in [0.1, 0.15) is 0 Å². The molecule has 0 fully saturated rings. The lowest BCUT2D eigenvalue weighted by Gasteiger charge is -2.15. The average Bonchev–Trinajstić information content (AvgIpc) is 2.17. The number of hydrogen-bond donors (Lipinski definition) is 1. The Morgan fingerprint density at radius 2 is 2.00 bits per heavy atom. The summed E-state index contributed by atoms with van der Waals surface area (Å²) in [6.45, 7) is 1.74. The Morgan fingerprint density at radius 3 is 2.56 bits per heavy atom. The Labute approximate surface area is 106 Å². The van der Waals surface area contributed by atoms with E-state index in [0.717, 1.165) is 5.56 Å². The molecular weight excluding hydrogens is 269 g/mol. The molecule has 1 aromatic carbocycles. The van der Waals surface area contributed by atoms with Crippen LogP contribution in [0.15, 0.2) is 24.3 Å². The van der Waals surface area contributed by atoms with Gasteiger partial charge in [-0.2, -0.15) is 0 Å². The standard InChI is InChI=1S/C10H13Cl2NO2S/c1-8(13-16(14,15)7-6-11)9-4-2-3-5-10(9)12/h2-5,8,13H,6-7H2,1H3. The van der Waals surface area contributed by atoms with Gasteiger partial charge in [0.05, 0.1) is 5.75 Å². The van der Waals surface area contributed by atoms with E-state index in [1.54, 1.807) is 25.1 Å². The van der Waals surface area contributed by atoms with E-state index in [1.807, 2.05) is 6.07 Å². The summed E-state index contributed by atoms with van der Waals surface area (Å²) in [5, 5.41) is 0.545. The van der Waals surface area contributed by atoms with Crippen LogP contribution in [0.5, 0.6) is 0 Å². The topological polar surface area (TPSA) is 46.2 Å². The molecule has 0 aromatic heterocycles. The van der Waals surface area contributed by atoms with Crippen LogP contribution in [0.1, 0.15) is 18.5 Å². The van der Waals surface area contributed by atoms with Crippen molar-refractivity contribution in [1.29, 1.82) is 0 Å². The number of benzene rings is 1. The van der Waals surface area contributed by atoms with Gasteiger partial charge in [-0.25, -0.2) is 13.1 Å². The second-order valence-corrected chi connectivity index (χ2v) is 6.03. The number of hydrogen-bond acceptors (Lipinski definition) is 2. The number of alkyl halides is 1. The van der Waals surface area contributed by atoms with Crippen LogP contribution in [-0.4, -0.2) is 20.1 Å². The Hall–Kier alpha value is -0.290. The van der Waals surface area contributed by atoms with Gasteiger partial charge in [0, 0.05) is 16.9 Å². The van der Waals surface area contributed by atoms with Crippen molar-refractivity contribution in [2.75, 3.05) is 11.6 Å².